The van der Waals surface area contributed by atoms with E-state index in [0.717, 1.165) is 39.1 Å². The molecular weight excluding hydrogens is 593 g/mol. The molecule has 7 aromatic rings. The summed E-state index contributed by atoms with van der Waals surface area (Å²) >= 11 is 0. The van der Waals surface area contributed by atoms with Crippen molar-refractivity contribution in [3.63, 3.8) is 0 Å². The van der Waals surface area contributed by atoms with Gasteiger partial charge in [-0.05, 0) is 114 Å². The first-order valence-electron chi connectivity index (χ1n) is 18.1. The fourth-order valence-electron chi connectivity index (χ4n) is 7.07. The second-order valence-electron chi connectivity index (χ2n) is 14.8. The van der Waals surface area contributed by atoms with E-state index in [1.54, 1.807) is 6.20 Å². The molecule has 2 nitrogen and oxygen atoms in total. The fourth-order valence-corrected chi connectivity index (χ4v) is 7.07. The van der Waals surface area contributed by atoms with Crippen LogP contribution < -0.4 is 4.90 Å². The Balaban J connectivity index is 1.29. The monoisotopic (exact) mass is 638 g/mol. The molecule has 0 fully saturated rings. The molecule has 0 atom stereocenters. The number of hydrogen-bond acceptors (Lipinski definition) is 2. The number of rotatable bonds is 6. The van der Waals surface area contributed by atoms with E-state index in [-0.39, 0.29) is 22.9 Å². The van der Waals surface area contributed by atoms with E-state index in [1.165, 1.54) is 27.3 Å². The Morgan fingerprint density at radius 3 is 1.59 bits per heavy atom. The smallest absolute Gasteiger partial charge is 0.0629 e. The van der Waals surface area contributed by atoms with Gasteiger partial charge in [0.1, 0.15) is 0 Å². The highest BCUT2D eigenvalue weighted by atomic mass is 15.1. The molecule has 1 heterocycles. The maximum Gasteiger partial charge on any atom is 0.0629 e. The van der Waals surface area contributed by atoms with E-state index in [4.69, 9.17) is 0 Å². The minimum absolute atomic E-state index is 0.0766. The van der Waals surface area contributed by atoms with Crippen molar-refractivity contribution >= 4 is 50.7 Å². The number of hydrogen-bond donors (Lipinski definition) is 0. The summed E-state index contributed by atoms with van der Waals surface area (Å²) in [6, 6.07) is 46.3. The molecule has 6 aromatic carbocycles. The van der Waals surface area contributed by atoms with Gasteiger partial charge in [0.2, 0.25) is 0 Å². The molecule has 0 spiro atoms. The predicted molar refractivity (Wildman–Crippen MR) is 212 cm³/mol. The van der Waals surface area contributed by atoms with Crippen LogP contribution in [0.5, 0.6) is 0 Å². The summed E-state index contributed by atoms with van der Waals surface area (Å²) < 4.78 is 18.5. The zero-order valence-corrected chi connectivity index (χ0v) is 29.3. The Bertz CT molecular complexity index is 2360. The summed E-state index contributed by atoms with van der Waals surface area (Å²) in [6.07, 6.45) is 3.66. The van der Waals surface area contributed by atoms with Gasteiger partial charge in [-0.3, -0.25) is 4.98 Å². The van der Waals surface area contributed by atoms with Gasteiger partial charge in [-0.25, -0.2) is 0 Å². The van der Waals surface area contributed by atoms with Crippen molar-refractivity contribution in [2.24, 2.45) is 0 Å². The van der Waals surface area contributed by atoms with Gasteiger partial charge in [0.25, 0.3) is 0 Å². The molecule has 0 amide bonds. The summed E-state index contributed by atoms with van der Waals surface area (Å²) in [7, 11) is 0. The lowest BCUT2D eigenvalue weighted by Crippen LogP contribution is -2.17. The van der Waals surface area contributed by atoms with Crippen molar-refractivity contribution in [1.29, 1.82) is 0 Å². The summed E-state index contributed by atoms with van der Waals surface area (Å²) in [5.41, 5.74) is 9.06. The Morgan fingerprint density at radius 2 is 1.00 bits per heavy atom. The molecule has 49 heavy (non-hydrogen) atoms. The van der Waals surface area contributed by atoms with Gasteiger partial charge in [-0.2, -0.15) is 0 Å². The molecule has 0 unspecified atom stereocenters. The topological polar surface area (TPSA) is 16.1 Å². The quantitative estimate of drug-likeness (QED) is 0.133. The molecule has 0 radical (unpaired) electrons. The van der Waals surface area contributed by atoms with Crippen LogP contribution in [0.1, 0.15) is 66.5 Å². The van der Waals surface area contributed by atoms with Crippen molar-refractivity contribution < 1.29 is 2.74 Å². The highest BCUT2D eigenvalue weighted by molar-refractivity contribution is 6.08. The van der Waals surface area contributed by atoms with E-state index in [9.17, 15) is 2.74 Å². The number of nitrogens with zero attached hydrogens (tertiary/aromatic N) is 2. The molecule has 242 valence electrons. The number of benzene rings is 6. The Hall–Kier alpha value is -5.47. The molecule has 1 aromatic heterocycles. The lowest BCUT2D eigenvalue weighted by atomic mass is 9.74. The lowest BCUT2D eigenvalue weighted by Gasteiger charge is -2.30. The summed E-state index contributed by atoms with van der Waals surface area (Å²) in [4.78, 5) is 6.48. The first-order chi connectivity index (χ1) is 24.4. The summed E-state index contributed by atoms with van der Waals surface area (Å²) in [6.45, 7) is 13.6. The van der Waals surface area contributed by atoms with Gasteiger partial charge in [0.15, 0.2) is 0 Å². The number of para-hydroxylation sites is 1. The van der Waals surface area contributed by atoms with Crippen molar-refractivity contribution in [1.82, 2.24) is 4.98 Å². The molecule has 0 saturated carbocycles. The van der Waals surface area contributed by atoms with Crippen molar-refractivity contribution in [2.75, 3.05) is 4.90 Å². The van der Waals surface area contributed by atoms with Gasteiger partial charge in [0.05, 0.1) is 2.74 Å². The summed E-state index contributed by atoms with van der Waals surface area (Å²) in [5, 5.41) is 4.91. The third-order valence-corrected chi connectivity index (χ3v) is 9.14. The van der Waals surface area contributed by atoms with Crippen LogP contribution in [-0.4, -0.2) is 4.98 Å². The lowest BCUT2D eigenvalue weighted by molar-refractivity contribution is 0.593. The largest absolute Gasteiger partial charge is 0.311 e. The molecule has 0 aliphatic carbocycles. The second kappa shape index (κ2) is 12.9. The van der Waals surface area contributed by atoms with E-state index in [0.29, 0.717) is 5.56 Å². The predicted octanol–water partition coefficient (Wildman–Crippen LogP) is 13.3. The van der Waals surface area contributed by atoms with Gasteiger partial charge >= 0.3 is 0 Å². The maximum absolute atomic E-state index is 9.27. The third-order valence-electron chi connectivity index (χ3n) is 9.14. The normalized spacial score (nSPS) is 13.2. The van der Waals surface area contributed by atoms with Crippen LogP contribution in [0.4, 0.5) is 17.1 Å². The van der Waals surface area contributed by atoms with Crippen LogP contribution >= 0.6 is 0 Å². The highest BCUT2D eigenvalue weighted by Crippen LogP contribution is 2.44. The maximum atomic E-state index is 9.27. The van der Waals surface area contributed by atoms with Crippen LogP contribution in [0, 0.1) is 0 Å². The Morgan fingerprint density at radius 1 is 0.490 bits per heavy atom. The molecule has 0 N–H and O–H groups in total. The van der Waals surface area contributed by atoms with E-state index < -0.39 is 0 Å². The standard InChI is InChI=1S/C47H44N2/c1-46(2,3)44-40-16-10-11-17-41(40)45(47(4,5)6)43-31-34(22-29-42(43)44)19-18-33-20-25-38(26-21-33)49(37-14-8-7-9-15-37)39-27-23-35(24-28-39)36-13-12-30-48-32-36/h7-32H,1-6H3/b19-18+/i18D,19D. The van der Waals surface area contributed by atoms with Crippen LogP contribution in [0.2, 0.25) is 0 Å². The van der Waals surface area contributed by atoms with Gasteiger partial charge in [-0.1, -0.05) is 139 Å². The number of anilines is 3. The number of pyridine rings is 1. The first kappa shape index (κ1) is 29.7. The third kappa shape index (κ3) is 6.52. The van der Waals surface area contributed by atoms with Gasteiger partial charge < -0.3 is 4.90 Å². The molecular formula is C47H44N2. The van der Waals surface area contributed by atoms with E-state index >= 15 is 0 Å². The van der Waals surface area contributed by atoms with Gasteiger partial charge in [-0.15, -0.1) is 0 Å². The highest BCUT2D eigenvalue weighted by Gasteiger charge is 2.27. The van der Waals surface area contributed by atoms with Crippen molar-refractivity contribution in [2.45, 2.75) is 52.4 Å². The van der Waals surface area contributed by atoms with E-state index in [2.05, 4.69) is 130 Å². The average Bonchev–Trinajstić information content (AvgIpc) is 3.13. The number of aromatic nitrogens is 1. The van der Waals surface area contributed by atoms with Crippen LogP contribution in [0.25, 0.3) is 44.8 Å². The van der Waals surface area contributed by atoms with Crippen LogP contribution in [0.15, 0.2) is 146 Å². The average molecular weight is 639 g/mol. The van der Waals surface area contributed by atoms with Crippen molar-refractivity contribution in [3.8, 4) is 11.1 Å². The molecule has 2 heteroatoms. The van der Waals surface area contributed by atoms with Crippen molar-refractivity contribution in [3.05, 3.63) is 168 Å². The second-order valence-corrected chi connectivity index (χ2v) is 14.8. The summed E-state index contributed by atoms with van der Waals surface area (Å²) in [5.74, 6) is 0. The van der Waals surface area contributed by atoms with Crippen LogP contribution in [0.3, 0.4) is 0 Å². The zero-order chi connectivity index (χ0) is 35.9. The van der Waals surface area contributed by atoms with E-state index in [1.807, 2.05) is 60.8 Å². The SMILES string of the molecule is [2H]/C(=C(/[2H])c1ccc2c(C(C)(C)C)c3ccccc3c(C(C)(C)C)c2c1)c1ccc(N(c2ccccc2)c2ccc(-c3cccnc3)cc2)cc1. The number of fused-ring (bicyclic) bond motifs is 2. The molecule has 0 aliphatic rings. The Kier molecular flexibility index (Phi) is 7.78. The molecule has 7 rings (SSSR count). The van der Waals surface area contributed by atoms with Gasteiger partial charge in [0, 0.05) is 29.5 Å². The van der Waals surface area contributed by atoms with Crippen LogP contribution in [-0.2, 0) is 10.8 Å². The molecule has 0 aliphatic heterocycles. The fraction of sp³-hybridized carbons (Fsp3) is 0.170. The molecule has 0 saturated heterocycles. The Labute approximate surface area is 294 Å². The minimum Gasteiger partial charge on any atom is -0.311 e. The first-order valence-corrected chi connectivity index (χ1v) is 17.1. The zero-order valence-electron chi connectivity index (χ0n) is 31.3. The molecule has 0 bridgehead atoms. The minimum atomic E-state index is -0.123.